The predicted molar refractivity (Wildman–Crippen MR) is 75.2 cm³/mol. The minimum Gasteiger partial charge on any atom is -0.478 e. The van der Waals surface area contributed by atoms with Crippen LogP contribution in [0.25, 0.3) is 0 Å². The maximum atomic E-state index is 13.8. The van der Waals surface area contributed by atoms with Crippen molar-refractivity contribution >= 4 is 11.7 Å². The fourth-order valence-electron chi connectivity index (χ4n) is 2.07. The third-order valence-electron chi connectivity index (χ3n) is 3.12. The Labute approximate surface area is 113 Å². The molecule has 3 nitrogen and oxygen atoms in total. The van der Waals surface area contributed by atoms with Crippen molar-refractivity contribution in [2.24, 2.45) is 0 Å². The molecule has 1 unspecified atom stereocenters. The van der Waals surface area contributed by atoms with Crippen molar-refractivity contribution in [3.8, 4) is 0 Å². The van der Waals surface area contributed by atoms with E-state index in [4.69, 9.17) is 5.11 Å². The zero-order valence-electron chi connectivity index (χ0n) is 11.6. The standard InChI is InChI=1S/C15H22FNO2/c1-3-5-7-12(6-4-2)17-14-9-8-11(15(18)19)10-13(14)16/h8-10,12,17H,3-7H2,1-2H3,(H,18,19). The van der Waals surface area contributed by atoms with E-state index in [-0.39, 0.29) is 11.6 Å². The van der Waals surface area contributed by atoms with E-state index in [1.165, 1.54) is 12.1 Å². The smallest absolute Gasteiger partial charge is 0.335 e. The van der Waals surface area contributed by atoms with Gasteiger partial charge in [-0.25, -0.2) is 9.18 Å². The highest BCUT2D eigenvalue weighted by atomic mass is 19.1. The van der Waals surface area contributed by atoms with Gasteiger partial charge in [-0.15, -0.1) is 0 Å². The molecule has 0 bridgehead atoms. The Morgan fingerprint density at radius 2 is 2.05 bits per heavy atom. The summed E-state index contributed by atoms with van der Waals surface area (Å²) in [5.41, 5.74) is 0.364. The Hall–Kier alpha value is -1.58. The van der Waals surface area contributed by atoms with Crippen LogP contribution in [0.4, 0.5) is 10.1 Å². The number of unbranched alkanes of at least 4 members (excludes halogenated alkanes) is 1. The van der Waals surface area contributed by atoms with Gasteiger partial charge < -0.3 is 10.4 Å². The third-order valence-corrected chi connectivity index (χ3v) is 3.12. The number of carbonyl (C=O) groups is 1. The van der Waals surface area contributed by atoms with E-state index < -0.39 is 11.8 Å². The van der Waals surface area contributed by atoms with Crippen LogP contribution in [0.5, 0.6) is 0 Å². The van der Waals surface area contributed by atoms with Crippen LogP contribution in [-0.4, -0.2) is 17.1 Å². The van der Waals surface area contributed by atoms with Gasteiger partial charge in [0.1, 0.15) is 5.82 Å². The molecular weight excluding hydrogens is 245 g/mol. The molecule has 2 N–H and O–H groups in total. The van der Waals surface area contributed by atoms with Crippen molar-refractivity contribution in [2.75, 3.05) is 5.32 Å². The highest BCUT2D eigenvalue weighted by molar-refractivity contribution is 5.88. The highest BCUT2D eigenvalue weighted by Gasteiger charge is 2.12. The summed E-state index contributed by atoms with van der Waals surface area (Å²) in [6.45, 7) is 4.23. The summed E-state index contributed by atoms with van der Waals surface area (Å²) in [7, 11) is 0. The van der Waals surface area contributed by atoms with E-state index in [2.05, 4.69) is 19.2 Å². The van der Waals surface area contributed by atoms with Crippen molar-refractivity contribution in [3.05, 3.63) is 29.6 Å². The summed E-state index contributed by atoms with van der Waals surface area (Å²) in [5.74, 6) is -1.61. The predicted octanol–water partition coefficient (Wildman–Crippen LogP) is 4.29. The average molecular weight is 267 g/mol. The van der Waals surface area contributed by atoms with Gasteiger partial charge in [-0.3, -0.25) is 0 Å². The molecule has 1 aromatic rings. The van der Waals surface area contributed by atoms with Crippen LogP contribution < -0.4 is 5.32 Å². The molecule has 0 saturated heterocycles. The van der Waals surface area contributed by atoms with E-state index in [0.717, 1.165) is 38.2 Å². The van der Waals surface area contributed by atoms with Gasteiger partial charge in [0.2, 0.25) is 0 Å². The molecule has 0 aliphatic heterocycles. The van der Waals surface area contributed by atoms with Gasteiger partial charge in [0, 0.05) is 6.04 Å². The number of carboxylic acid groups (broad SMARTS) is 1. The third kappa shape index (κ3) is 4.89. The highest BCUT2D eigenvalue weighted by Crippen LogP contribution is 2.20. The number of halogens is 1. The van der Waals surface area contributed by atoms with Gasteiger partial charge in [-0.1, -0.05) is 33.1 Å². The van der Waals surface area contributed by atoms with Crippen LogP contribution in [-0.2, 0) is 0 Å². The van der Waals surface area contributed by atoms with Crippen LogP contribution in [0, 0.1) is 5.82 Å². The van der Waals surface area contributed by atoms with Gasteiger partial charge >= 0.3 is 5.97 Å². The Morgan fingerprint density at radius 1 is 1.32 bits per heavy atom. The topological polar surface area (TPSA) is 49.3 Å². The molecule has 0 amide bonds. The largest absolute Gasteiger partial charge is 0.478 e. The molecule has 4 heteroatoms. The number of hydrogen-bond acceptors (Lipinski definition) is 2. The monoisotopic (exact) mass is 267 g/mol. The Bertz CT molecular complexity index is 421. The van der Waals surface area contributed by atoms with Crippen LogP contribution >= 0.6 is 0 Å². The minimum atomic E-state index is -1.11. The number of benzene rings is 1. The lowest BCUT2D eigenvalue weighted by atomic mass is 10.0. The molecular formula is C15H22FNO2. The number of aromatic carboxylic acids is 1. The molecule has 0 radical (unpaired) electrons. The molecule has 0 saturated carbocycles. The van der Waals surface area contributed by atoms with E-state index in [1.54, 1.807) is 0 Å². The zero-order chi connectivity index (χ0) is 14.3. The second-order valence-corrected chi connectivity index (χ2v) is 4.77. The van der Waals surface area contributed by atoms with Crippen molar-refractivity contribution in [3.63, 3.8) is 0 Å². The molecule has 0 fully saturated rings. The van der Waals surface area contributed by atoms with Crippen LogP contribution in [0.15, 0.2) is 18.2 Å². The number of carboxylic acids is 1. The molecule has 1 rings (SSSR count). The molecule has 1 atom stereocenters. The maximum Gasteiger partial charge on any atom is 0.335 e. The molecule has 0 spiro atoms. The summed E-state index contributed by atoms with van der Waals surface area (Å²) in [4.78, 5) is 10.7. The van der Waals surface area contributed by atoms with Gasteiger partial charge in [0.05, 0.1) is 11.3 Å². The van der Waals surface area contributed by atoms with Crippen molar-refractivity contribution in [1.29, 1.82) is 0 Å². The Balaban J connectivity index is 2.75. The quantitative estimate of drug-likeness (QED) is 0.738. The molecule has 0 aliphatic rings. The molecule has 1 aromatic carbocycles. The van der Waals surface area contributed by atoms with Crippen molar-refractivity contribution in [2.45, 2.75) is 52.0 Å². The number of hydrogen-bond donors (Lipinski definition) is 2. The lowest BCUT2D eigenvalue weighted by molar-refractivity contribution is 0.0696. The van der Waals surface area contributed by atoms with Crippen LogP contribution in [0.2, 0.25) is 0 Å². The van der Waals surface area contributed by atoms with Crippen molar-refractivity contribution < 1.29 is 14.3 Å². The SMILES string of the molecule is CCCCC(CCC)Nc1ccc(C(=O)O)cc1F. The van der Waals surface area contributed by atoms with Crippen LogP contribution in [0.1, 0.15) is 56.3 Å². The second kappa shape index (κ2) is 7.77. The number of nitrogens with one attached hydrogen (secondary N) is 1. The summed E-state index contributed by atoms with van der Waals surface area (Å²) < 4.78 is 13.8. The summed E-state index contributed by atoms with van der Waals surface area (Å²) >= 11 is 0. The molecule has 0 heterocycles. The van der Waals surface area contributed by atoms with E-state index in [9.17, 15) is 9.18 Å². The van der Waals surface area contributed by atoms with Crippen LogP contribution in [0.3, 0.4) is 0 Å². The number of rotatable bonds is 8. The van der Waals surface area contributed by atoms with Gasteiger partial charge in [0.15, 0.2) is 0 Å². The van der Waals surface area contributed by atoms with E-state index >= 15 is 0 Å². The number of anilines is 1. The van der Waals surface area contributed by atoms with Gasteiger partial charge in [-0.2, -0.15) is 0 Å². The first-order valence-corrected chi connectivity index (χ1v) is 6.87. The Morgan fingerprint density at radius 3 is 2.58 bits per heavy atom. The first-order chi connectivity index (χ1) is 9.08. The maximum absolute atomic E-state index is 13.8. The second-order valence-electron chi connectivity index (χ2n) is 4.77. The summed E-state index contributed by atoms with van der Waals surface area (Å²) in [6.07, 6.45) is 5.25. The molecule has 19 heavy (non-hydrogen) atoms. The van der Waals surface area contributed by atoms with Crippen molar-refractivity contribution in [1.82, 2.24) is 0 Å². The first kappa shape index (κ1) is 15.5. The van der Waals surface area contributed by atoms with E-state index in [0.29, 0.717) is 5.69 Å². The van der Waals surface area contributed by atoms with Gasteiger partial charge in [-0.05, 0) is 31.0 Å². The minimum absolute atomic E-state index is 0.0244. The van der Waals surface area contributed by atoms with E-state index in [1.807, 2.05) is 0 Å². The lowest BCUT2D eigenvalue weighted by Crippen LogP contribution is -2.20. The first-order valence-electron chi connectivity index (χ1n) is 6.87. The fraction of sp³-hybridized carbons (Fsp3) is 0.533. The summed E-state index contributed by atoms with van der Waals surface area (Å²) in [6, 6.07) is 4.24. The molecule has 0 aliphatic carbocycles. The van der Waals surface area contributed by atoms with Gasteiger partial charge in [0.25, 0.3) is 0 Å². The lowest BCUT2D eigenvalue weighted by Gasteiger charge is -2.19. The Kier molecular flexibility index (Phi) is 6.33. The fourth-order valence-corrected chi connectivity index (χ4v) is 2.07. The normalized spacial score (nSPS) is 12.2. The molecule has 0 aromatic heterocycles. The summed E-state index contributed by atoms with van der Waals surface area (Å²) in [5, 5.41) is 12.0. The zero-order valence-corrected chi connectivity index (χ0v) is 11.6. The molecule has 106 valence electrons. The average Bonchev–Trinajstić information content (AvgIpc) is 2.38.